The van der Waals surface area contributed by atoms with Gasteiger partial charge in [-0.3, -0.25) is 0 Å². The van der Waals surface area contributed by atoms with Crippen LogP contribution in [0.4, 0.5) is 4.39 Å². The van der Waals surface area contributed by atoms with Crippen molar-refractivity contribution in [3.8, 4) is 0 Å². The SMILES string of the molecule is C=CCC1=CC(=O)OC1c1ccc(F)cc1. The third-order valence-electron chi connectivity index (χ3n) is 2.43. The Balaban J connectivity index is 2.27. The van der Waals surface area contributed by atoms with Crippen LogP contribution in [0.15, 0.2) is 48.6 Å². The lowest BCUT2D eigenvalue weighted by Gasteiger charge is -2.13. The third kappa shape index (κ3) is 2.03. The predicted octanol–water partition coefficient (Wildman–Crippen LogP) is 2.93. The number of halogens is 1. The molecule has 16 heavy (non-hydrogen) atoms. The van der Waals surface area contributed by atoms with Gasteiger partial charge in [0, 0.05) is 6.08 Å². The Kier molecular flexibility index (Phi) is 2.86. The van der Waals surface area contributed by atoms with Gasteiger partial charge in [-0.25, -0.2) is 9.18 Å². The number of hydrogen-bond acceptors (Lipinski definition) is 2. The first-order valence-corrected chi connectivity index (χ1v) is 4.98. The van der Waals surface area contributed by atoms with Gasteiger partial charge < -0.3 is 4.74 Å². The van der Waals surface area contributed by atoms with Gasteiger partial charge in [-0.2, -0.15) is 0 Å². The maximum atomic E-state index is 12.8. The van der Waals surface area contributed by atoms with Crippen LogP contribution in [0, 0.1) is 5.82 Å². The van der Waals surface area contributed by atoms with Crippen molar-refractivity contribution >= 4 is 5.97 Å². The zero-order chi connectivity index (χ0) is 11.5. The molecule has 0 fully saturated rings. The lowest BCUT2D eigenvalue weighted by atomic mass is 10.0. The molecule has 0 aliphatic carbocycles. The van der Waals surface area contributed by atoms with Crippen molar-refractivity contribution in [1.82, 2.24) is 0 Å². The van der Waals surface area contributed by atoms with Crippen LogP contribution in [0.2, 0.25) is 0 Å². The third-order valence-corrected chi connectivity index (χ3v) is 2.43. The minimum absolute atomic E-state index is 0.303. The second-order valence-electron chi connectivity index (χ2n) is 3.58. The fraction of sp³-hybridized carbons (Fsp3) is 0.154. The first-order valence-electron chi connectivity index (χ1n) is 4.98. The predicted molar refractivity (Wildman–Crippen MR) is 58.1 cm³/mol. The molecule has 1 aromatic rings. The maximum absolute atomic E-state index is 12.8. The second-order valence-corrected chi connectivity index (χ2v) is 3.58. The topological polar surface area (TPSA) is 26.3 Å². The molecule has 1 atom stereocenters. The van der Waals surface area contributed by atoms with Crippen LogP contribution in [0.5, 0.6) is 0 Å². The summed E-state index contributed by atoms with van der Waals surface area (Å²) in [7, 11) is 0. The second kappa shape index (κ2) is 4.31. The van der Waals surface area contributed by atoms with Gasteiger partial charge in [0.15, 0.2) is 0 Å². The fourth-order valence-corrected chi connectivity index (χ4v) is 1.71. The number of allylic oxidation sites excluding steroid dienone is 1. The molecule has 2 rings (SSSR count). The highest BCUT2D eigenvalue weighted by atomic mass is 19.1. The number of rotatable bonds is 3. The van der Waals surface area contributed by atoms with E-state index in [9.17, 15) is 9.18 Å². The van der Waals surface area contributed by atoms with Crippen LogP contribution in [0.25, 0.3) is 0 Å². The van der Waals surface area contributed by atoms with Crippen LogP contribution in [-0.2, 0) is 9.53 Å². The van der Waals surface area contributed by atoms with E-state index < -0.39 is 6.10 Å². The molecule has 1 aromatic carbocycles. The van der Waals surface area contributed by atoms with Crippen molar-refractivity contribution in [2.24, 2.45) is 0 Å². The maximum Gasteiger partial charge on any atom is 0.331 e. The first-order chi connectivity index (χ1) is 7.70. The molecule has 1 aliphatic rings. The number of esters is 1. The Labute approximate surface area is 93.0 Å². The van der Waals surface area contributed by atoms with Crippen molar-refractivity contribution in [3.63, 3.8) is 0 Å². The molecular weight excluding hydrogens is 207 g/mol. The monoisotopic (exact) mass is 218 g/mol. The molecule has 1 aliphatic heterocycles. The molecular formula is C13H11FO2. The Morgan fingerprint density at radius 2 is 2.06 bits per heavy atom. The minimum Gasteiger partial charge on any atom is -0.450 e. The molecule has 0 N–H and O–H groups in total. The summed E-state index contributed by atoms with van der Waals surface area (Å²) < 4.78 is 17.9. The van der Waals surface area contributed by atoms with Crippen molar-refractivity contribution in [1.29, 1.82) is 0 Å². The molecule has 2 nitrogen and oxygen atoms in total. The van der Waals surface area contributed by atoms with Gasteiger partial charge in [0.2, 0.25) is 0 Å². The average Bonchev–Trinajstić information content (AvgIpc) is 2.61. The van der Waals surface area contributed by atoms with E-state index in [-0.39, 0.29) is 11.8 Å². The van der Waals surface area contributed by atoms with Crippen molar-refractivity contribution in [2.75, 3.05) is 0 Å². The van der Waals surface area contributed by atoms with Gasteiger partial charge in [0.1, 0.15) is 11.9 Å². The van der Waals surface area contributed by atoms with E-state index >= 15 is 0 Å². The highest BCUT2D eigenvalue weighted by molar-refractivity contribution is 5.86. The summed E-state index contributed by atoms with van der Waals surface area (Å²) in [6.45, 7) is 3.62. The van der Waals surface area contributed by atoms with E-state index in [1.165, 1.54) is 18.2 Å². The van der Waals surface area contributed by atoms with Crippen molar-refractivity contribution in [3.05, 3.63) is 60.0 Å². The van der Waals surface area contributed by atoms with E-state index in [2.05, 4.69) is 6.58 Å². The summed E-state index contributed by atoms with van der Waals surface area (Å²) in [6, 6.07) is 5.95. The van der Waals surface area contributed by atoms with Crippen molar-refractivity contribution < 1.29 is 13.9 Å². The zero-order valence-corrected chi connectivity index (χ0v) is 8.65. The van der Waals surface area contributed by atoms with Gasteiger partial charge in [-0.1, -0.05) is 18.2 Å². The Morgan fingerprint density at radius 1 is 1.38 bits per heavy atom. The lowest BCUT2D eigenvalue weighted by Crippen LogP contribution is -2.03. The van der Waals surface area contributed by atoms with E-state index in [1.54, 1.807) is 18.2 Å². The molecule has 0 saturated carbocycles. The van der Waals surface area contributed by atoms with Crippen LogP contribution in [0.3, 0.4) is 0 Å². The standard InChI is InChI=1S/C13H11FO2/c1-2-3-10-8-12(15)16-13(10)9-4-6-11(14)7-5-9/h2,4-8,13H,1,3H2. The molecule has 82 valence electrons. The zero-order valence-electron chi connectivity index (χ0n) is 8.65. The fourth-order valence-electron chi connectivity index (χ4n) is 1.71. The largest absolute Gasteiger partial charge is 0.450 e. The number of carbonyl (C=O) groups excluding carboxylic acids is 1. The molecule has 0 radical (unpaired) electrons. The lowest BCUT2D eigenvalue weighted by molar-refractivity contribution is -0.139. The average molecular weight is 218 g/mol. The highest BCUT2D eigenvalue weighted by Crippen LogP contribution is 2.33. The first kappa shape index (κ1) is 10.6. The number of hydrogen-bond donors (Lipinski definition) is 0. The molecule has 1 unspecified atom stereocenters. The normalized spacial score (nSPS) is 19.2. The van der Waals surface area contributed by atoms with Crippen LogP contribution in [-0.4, -0.2) is 5.97 Å². The molecule has 3 heteroatoms. The van der Waals surface area contributed by atoms with Gasteiger partial charge >= 0.3 is 5.97 Å². The van der Waals surface area contributed by atoms with E-state index in [1.807, 2.05) is 0 Å². The van der Waals surface area contributed by atoms with Crippen LogP contribution >= 0.6 is 0 Å². The highest BCUT2D eigenvalue weighted by Gasteiger charge is 2.26. The summed E-state index contributed by atoms with van der Waals surface area (Å²) in [5.41, 5.74) is 1.63. The Bertz CT molecular complexity index is 446. The summed E-state index contributed by atoms with van der Waals surface area (Å²) in [6.07, 6.45) is 3.37. The molecule has 0 saturated heterocycles. The molecule has 0 aromatic heterocycles. The molecule has 0 spiro atoms. The number of cyclic esters (lactones) is 1. The van der Waals surface area contributed by atoms with E-state index in [0.717, 1.165) is 11.1 Å². The summed E-state index contributed by atoms with van der Waals surface area (Å²) in [4.78, 5) is 11.2. The summed E-state index contributed by atoms with van der Waals surface area (Å²) in [5, 5.41) is 0. The van der Waals surface area contributed by atoms with Crippen LogP contribution in [0.1, 0.15) is 18.1 Å². The van der Waals surface area contributed by atoms with Gasteiger partial charge in [0.25, 0.3) is 0 Å². The number of benzene rings is 1. The molecule has 0 bridgehead atoms. The number of carbonyl (C=O) groups is 1. The van der Waals surface area contributed by atoms with Crippen LogP contribution < -0.4 is 0 Å². The quantitative estimate of drug-likeness (QED) is 0.576. The van der Waals surface area contributed by atoms with Crippen molar-refractivity contribution in [2.45, 2.75) is 12.5 Å². The minimum atomic E-state index is -0.397. The van der Waals surface area contributed by atoms with E-state index in [4.69, 9.17) is 4.74 Å². The van der Waals surface area contributed by atoms with Gasteiger partial charge in [0.05, 0.1) is 0 Å². The summed E-state index contributed by atoms with van der Waals surface area (Å²) >= 11 is 0. The molecule has 1 heterocycles. The summed E-state index contributed by atoms with van der Waals surface area (Å²) in [5.74, 6) is -0.659. The van der Waals surface area contributed by atoms with Gasteiger partial charge in [-0.15, -0.1) is 6.58 Å². The van der Waals surface area contributed by atoms with Gasteiger partial charge in [-0.05, 0) is 29.7 Å². The van der Waals surface area contributed by atoms with E-state index in [0.29, 0.717) is 6.42 Å². The Hall–Kier alpha value is -1.90. The smallest absolute Gasteiger partial charge is 0.331 e. The molecule has 0 amide bonds. The number of ether oxygens (including phenoxy) is 1. The Morgan fingerprint density at radius 3 is 2.69 bits per heavy atom.